The van der Waals surface area contributed by atoms with Gasteiger partial charge in [-0.25, -0.2) is 0 Å². The van der Waals surface area contributed by atoms with Crippen molar-refractivity contribution in [2.45, 2.75) is 184 Å². The number of rotatable bonds is 44. The highest BCUT2D eigenvalue weighted by Gasteiger charge is 2.40. The van der Waals surface area contributed by atoms with Gasteiger partial charge in [0.25, 0.3) is 11.8 Å². The zero-order valence-electron chi connectivity index (χ0n) is 62.7. The second kappa shape index (κ2) is 45.0. The minimum absolute atomic E-state index is 0.00853. The Morgan fingerprint density at radius 3 is 1.60 bits per heavy atom. The lowest BCUT2D eigenvalue weighted by Gasteiger charge is -2.31. The van der Waals surface area contributed by atoms with Crippen molar-refractivity contribution in [1.82, 2.24) is 78.3 Å². The number of aliphatic hydroxyl groups is 1. The van der Waals surface area contributed by atoms with Crippen LogP contribution in [0.15, 0.2) is 140 Å². The summed E-state index contributed by atoms with van der Waals surface area (Å²) in [5.74, 6) is -10.6. The molecule has 32 heteroatoms. The van der Waals surface area contributed by atoms with Gasteiger partial charge in [0.15, 0.2) is 0 Å². The van der Waals surface area contributed by atoms with E-state index < -0.39 is 144 Å². The number of amides is 12. The van der Waals surface area contributed by atoms with Crippen LogP contribution in [0.3, 0.4) is 0 Å². The Morgan fingerprint density at radius 2 is 1.03 bits per heavy atom. The van der Waals surface area contributed by atoms with E-state index >= 15 is 9.59 Å². The predicted octanol–water partition coefficient (Wildman–Crippen LogP) is 2.55. The van der Waals surface area contributed by atoms with Crippen LogP contribution in [-0.4, -0.2) is 200 Å². The van der Waals surface area contributed by atoms with Crippen molar-refractivity contribution in [3.63, 3.8) is 0 Å². The molecule has 0 unspecified atom stereocenters. The molecule has 6 aromatic rings. The van der Waals surface area contributed by atoms with E-state index in [9.17, 15) is 63.0 Å². The molecule has 1 saturated heterocycles. The smallest absolute Gasteiger partial charge is 0.325 e. The van der Waals surface area contributed by atoms with Crippen molar-refractivity contribution >= 4 is 99.2 Å². The van der Waals surface area contributed by atoms with Crippen LogP contribution in [0.2, 0.25) is 5.02 Å². The monoisotopic (exact) mass is 1550 g/mol. The quantitative estimate of drug-likeness (QED) is 0.0244. The third-order valence-corrected chi connectivity index (χ3v) is 18.8. The molecule has 31 nitrogen and oxygen atoms in total. The van der Waals surface area contributed by atoms with E-state index in [0.29, 0.717) is 41.0 Å². The summed E-state index contributed by atoms with van der Waals surface area (Å²) in [5, 5.41) is 52.5. The number of carboxylic acid groups (broad SMARTS) is 1. The summed E-state index contributed by atoms with van der Waals surface area (Å²) in [7, 11) is 0. The highest BCUT2D eigenvalue weighted by molar-refractivity contribution is 6.30. The SMILES string of the molecule is CC(=O)N[C@@H](Cc1ccc2ccccc2c1)C(=O)N[C@@H](Cc1ccc(Cl)cc1)C(=O)N[C@@H](Cc1cccnc1)C(=O)N[C@@H](CO)C(=O)N[C@@H](CCCCNC(=O)c1cccnc1)C(=O)N[C@@H](CCCCNC(=O)c1ccccn1)C(=O)N[C@@H](CC(C)C)C(=O)N[C@@H](CCCCN)C(=O)N1CCC[C@@H]1C(=O)N[C@@H](C)C(=O)O. The van der Waals surface area contributed by atoms with Gasteiger partial charge in [0.2, 0.25) is 59.1 Å². The summed E-state index contributed by atoms with van der Waals surface area (Å²) in [6.45, 7) is 5.62. The molecular weight excluding hydrogens is 1450 g/mol. The van der Waals surface area contributed by atoms with Crippen molar-refractivity contribution in [3.05, 3.63) is 173 Å². The number of hydrogen-bond donors (Lipinski definition) is 14. The van der Waals surface area contributed by atoms with Crippen LogP contribution in [-0.2, 0) is 72.0 Å². The molecule has 0 spiro atoms. The Kier molecular flexibility index (Phi) is 35.2. The number of likely N-dealkylation sites (tertiary alicyclic amines) is 1. The number of aliphatic hydroxyl groups excluding tert-OH is 1. The minimum atomic E-state index is -1.84. The van der Waals surface area contributed by atoms with Crippen LogP contribution in [0.5, 0.6) is 0 Å². The molecule has 0 saturated carbocycles. The summed E-state index contributed by atoms with van der Waals surface area (Å²) in [4.78, 5) is 196. The Labute approximate surface area is 649 Å². The number of pyridine rings is 3. The number of aromatic nitrogens is 3. The largest absolute Gasteiger partial charge is 0.480 e. The molecule has 3 aromatic heterocycles. The van der Waals surface area contributed by atoms with Gasteiger partial charge >= 0.3 is 5.97 Å². The maximum absolute atomic E-state index is 15.1. The fourth-order valence-electron chi connectivity index (χ4n) is 12.6. The summed E-state index contributed by atoms with van der Waals surface area (Å²) in [6.07, 6.45) is 8.90. The van der Waals surface area contributed by atoms with E-state index in [4.69, 9.17) is 17.3 Å². The van der Waals surface area contributed by atoms with Gasteiger partial charge in [0.05, 0.1) is 12.2 Å². The third-order valence-electron chi connectivity index (χ3n) is 18.5. The Balaban J connectivity index is 1.15. The molecule has 0 radical (unpaired) electrons. The van der Waals surface area contributed by atoms with Crippen LogP contribution in [0, 0.1) is 5.92 Å². The Morgan fingerprint density at radius 1 is 0.514 bits per heavy atom. The molecule has 1 aliphatic rings. The summed E-state index contributed by atoms with van der Waals surface area (Å²) < 4.78 is 0. The first-order valence-electron chi connectivity index (χ1n) is 37.3. The lowest BCUT2D eigenvalue weighted by Crippen LogP contribution is -2.61. The number of fused-ring (bicyclic) bond motifs is 1. The van der Waals surface area contributed by atoms with Gasteiger partial charge in [0, 0.05) is 81.8 Å². The number of unbranched alkanes of at least 4 members (excludes halogenated alkanes) is 3. The van der Waals surface area contributed by atoms with Crippen molar-refractivity contribution in [1.29, 1.82) is 0 Å². The van der Waals surface area contributed by atoms with Gasteiger partial charge in [-0.3, -0.25) is 77.3 Å². The Hall–Kier alpha value is -11.3. The van der Waals surface area contributed by atoms with Crippen LogP contribution in [0.1, 0.15) is 142 Å². The maximum atomic E-state index is 15.1. The molecule has 4 heterocycles. The lowest BCUT2D eigenvalue weighted by atomic mass is 9.99. The normalized spacial score (nSPS) is 14.9. The third kappa shape index (κ3) is 28.6. The van der Waals surface area contributed by atoms with Crippen LogP contribution in [0.4, 0.5) is 0 Å². The van der Waals surface area contributed by atoms with Crippen LogP contribution < -0.4 is 64.2 Å². The average Bonchev–Trinajstić information content (AvgIpc) is 1.69. The van der Waals surface area contributed by atoms with Crippen molar-refractivity contribution in [3.8, 4) is 0 Å². The van der Waals surface area contributed by atoms with E-state index in [0.717, 1.165) is 10.8 Å². The van der Waals surface area contributed by atoms with Crippen molar-refractivity contribution in [2.24, 2.45) is 11.7 Å². The van der Waals surface area contributed by atoms with E-state index in [1.165, 1.54) is 55.8 Å². The van der Waals surface area contributed by atoms with Gasteiger partial charge in [-0.15, -0.1) is 0 Å². The number of carbonyl (C=O) groups excluding carboxylic acids is 12. The molecule has 3 aromatic carbocycles. The van der Waals surface area contributed by atoms with Gasteiger partial charge in [-0.1, -0.05) is 92.2 Å². The summed E-state index contributed by atoms with van der Waals surface area (Å²) in [6, 6.07) is 16.9. The molecular formula is C79H101ClN16O15. The highest BCUT2D eigenvalue weighted by atomic mass is 35.5. The number of hydrogen-bond acceptors (Lipinski definition) is 18. The van der Waals surface area contributed by atoms with E-state index in [1.54, 1.807) is 74.5 Å². The first kappa shape index (κ1) is 86.9. The second-order valence-corrected chi connectivity index (χ2v) is 28.2. The topological polar surface area (TPSA) is 463 Å². The first-order chi connectivity index (χ1) is 53.3. The van der Waals surface area contributed by atoms with Gasteiger partial charge in [-0.2, -0.15) is 0 Å². The second-order valence-electron chi connectivity index (χ2n) is 27.8. The number of nitrogens with one attached hydrogen (secondary N) is 11. The summed E-state index contributed by atoms with van der Waals surface area (Å²) >= 11 is 6.26. The number of aliphatic carboxylic acids is 1. The van der Waals surface area contributed by atoms with E-state index in [2.05, 4.69) is 73.4 Å². The van der Waals surface area contributed by atoms with Gasteiger partial charge < -0.3 is 79.3 Å². The number of carboxylic acids is 1. The number of nitrogens with zero attached hydrogens (tertiary/aromatic N) is 4. The van der Waals surface area contributed by atoms with Gasteiger partial charge in [-0.05, 0) is 166 Å². The maximum Gasteiger partial charge on any atom is 0.325 e. The fourth-order valence-corrected chi connectivity index (χ4v) is 12.7. The molecule has 7 rings (SSSR count). The molecule has 1 aliphatic heterocycles. The summed E-state index contributed by atoms with van der Waals surface area (Å²) in [5.41, 5.74) is 7.95. The first-order valence-corrected chi connectivity index (χ1v) is 37.7. The molecule has 15 N–H and O–H groups in total. The van der Waals surface area contributed by atoms with E-state index in [1.807, 2.05) is 42.5 Å². The average molecular weight is 1550 g/mol. The molecule has 0 aliphatic carbocycles. The zero-order valence-corrected chi connectivity index (χ0v) is 63.5. The molecule has 111 heavy (non-hydrogen) atoms. The number of halogens is 1. The molecule has 1 fully saturated rings. The van der Waals surface area contributed by atoms with Crippen LogP contribution >= 0.6 is 11.6 Å². The number of benzene rings is 3. The van der Waals surface area contributed by atoms with Gasteiger partial charge in [0.1, 0.15) is 66.1 Å². The number of nitrogens with two attached hydrogens (primary N) is 1. The van der Waals surface area contributed by atoms with Crippen molar-refractivity contribution in [2.75, 3.05) is 32.8 Å². The molecule has 10 atom stereocenters. The lowest BCUT2D eigenvalue weighted by molar-refractivity contribution is -0.144. The predicted molar refractivity (Wildman–Crippen MR) is 412 cm³/mol. The molecule has 594 valence electrons. The fraction of sp³-hybridized carbons (Fsp3) is 0.443. The molecule has 12 amide bonds. The zero-order chi connectivity index (χ0) is 80.4. The molecule has 0 bridgehead atoms. The Bertz CT molecular complexity index is 4130. The standard InChI is InChI=1S/C79H101ClN16O15/c1-48(2)40-62(72(103)91-61(25-7-11-33-81)78(109)96-39-17-26-67(96)77(108)87-49(3)79(110)111)92-71(102)60(24-10-14-38-86-69(100)58-22-8-12-36-84-58)89-70(101)59(23-9-13-37-85-68(99)56-21-16-35-83-46-56)90-76(107)66(47-97)95-75(106)65(44-53-18-15-34-82-45-53)94-74(105)64(42-51-28-31-57(80)32-29-51)93-73(104)63(88-50(4)98)43-52-27-30-54-19-5-6-20-55(54)41-52/h5-6,8,12,15-16,18-22,27-32,34-36,41,45-46,48-49,59-67,97H,7,9-11,13-14,17,23-26,33,37-40,42-44,47,81H2,1-4H3,(H,85,99)(H,86,100)(H,87,108)(H,88,98)(H,89,101)(H,90,107)(H,91,103)(H,92,102)(H,93,104)(H,94,105)(H,95,106)(H,110,111)/t49-,59-,60-,61-,62-,63-,64-,65-,66-,67+/m0/s1. The number of carbonyl (C=O) groups is 13. The van der Waals surface area contributed by atoms with Crippen molar-refractivity contribution < 1.29 is 72.5 Å². The highest BCUT2D eigenvalue weighted by Crippen LogP contribution is 2.23. The minimum Gasteiger partial charge on any atom is -0.480 e. The van der Waals surface area contributed by atoms with Crippen LogP contribution in [0.25, 0.3) is 10.8 Å². The van der Waals surface area contributed by atoms with E-state index in [-0.39, 0.29) is 120 Å².